The van der Waals surface area contributed by atoms with Gasteiger partial charge >= 0.3 is 16.4 Å². The molecule has 13 heteroatoms. The minimum Gasteiger partial charge on any atom is -0.457 e. The Balaban J connectivity index is 2.37. The van der Waals surface area contributed by atoms with Gasteiger partial charge < -0.3 is 34.3 Å². The van der Waals surface area contributed by atoms with E-state index < -0.39 is 59.8 Å². The van der Waals surface area contributed by atoms with Crippen molar-refractivity contribution in [1.82, 2.24) is 0 Å². The van der Waals surface area contributed by atoms with Crippen molar-refractivity contribution in [3.63, 3.8) is 0 Å². The number of unbranched alkanes of at least 4 members (excludes halogenated alkanes) is 27. The molecule has 0 spiro atoms. The number of rotatable bonds is 40. The zero-order valence-corrected chi connectivity index (χ0v) is 36.3. The van der Waals surface area contributed by atoms with Crippen LogP contribution in [0.25, 0.3) is 0 Å². The molecule has 0 aliphatic carbocycles. The Bertz CT molecular complexity index is 999. The SMILES string of the molecule is CCCCCCCCCCCCCCCCCCCCCC(=O)OC(COCCCCCCCCCCCC)COC1OC(CO)C(O)C(OS(=O)(=O)O)C1O. The lowest BCUT2D eigenvalue weighted by Gasteiger charge is -2.41. The van der Waals surface area contributed by atoms with Gasteiger partial charge in [-0.1, -0.05) is 187 Å². The van der Waals surface area contributed by atoms with Crippen molar-refractivity contribution in [2.75, 3.05) is 26.4 Å². The topological polar surface area (TPSA) is 178 Å². The van der Waals surface area contributed by atoms with Gasteiger partial charge in [0.2, 0.25) is 0 Å². The number of aliphatic hydroxyl groups excluding tert-OH is 3. The molecule has 0 aromatic carbocycles. The number of hydrogen-bond donors (Lipinski definition) is 4. The van der Waals surface area contributed by atoms with E-state index in [2.05, 4.69) is 18.0 Å². The molecule has 334 valence electrons. The summed E-state index contributed by atoms with van der Waals surface area (Å²) in [7, 11) is -5.05. The number of aliphatic hydroxyl groups is 3. The third-order valence-electron chi connectivity index (χ3n) is 10.7. The van der Waals surface area contributed by atoms with Gasteiger partial charge in [0.15, 0.2) is 6.29 Å². The predicted octanol–water partition coefficient (Wildman–Crippen LogP) is 9.30. The average molecular weight is 825 g/mol. The molecule has 1 fully saturated rings. The van der Waals surface area contributed by atoms with Crippen molar-refractivity contribution in [2.45, 2.75) is 243 Å². The monoisotopic (exact) mass is 825 g/mol. The van der Waals surface area contributed by atoms with Gasteiger partial charge in [0.25, 0.3) is 0 Å². The highest BCUT2D eigenvalue weighted by Gasteiger charge is 2.48. The highest BCUT2D eigenvalue weighted by molar-refractivity contribution is 7.80. The van der Waals surface area contributed by atoms with E-state index in [0.29, 0.717) is 13.0 Å². The van der Waals surface area contributed by atoms with Gasteiger partial charge in [-0.05, 0) is 12.8 Å². The fraction of sp³-hybridized carbons (Fsp3) is 0.977. The molecule has 1 aliphatic rings. The van der Waals surface area contributed by atoms with Crippen LogP contribution in [0.15, 0.2) is 0 Å². The number of carbonyl (C=O) groups is 1. The van der Waals surface area contributed by atoms with Crippen LogP contribution in [-0.4, -0.2) is 97.5 Å². The van der Waals surface area contributed by atoms with Crippen LogP contribution in [0.4, 0.5) is 0 Å². The fourth-order valence-electron chi connectivity index (χ4n) is 7.26. The smallest absolute Gasteiger partial charge is 0.397 e. The molecule has 12 nitrogen and oxygen atoms in total. The normalized spacial score (nSPS) is 20.7. The van der Waals surface area contributed by atoms with Gasteiger partial charge in [-0.2, -0.15) is 8.42 Å². The Morgan fingerprint density at radius 1 is 0.607 bits per heavy atom. The van der Waals surface area contributed by atoms with Gasteiger partial charge in [0.1, 0.15) is 30.5 Å². The van der Waals surface area contributed by atoms with Crippen molar-refractivity contribution in [3.8, 4) is 0 Å². The van der Waals surface area contributed by atoms with Gasteiger partial charge in [0.05, 0.1) is 19.8 Å². The standard InChI is InChI=1S/C43H84O12S/c1-3-5-7-9-11-13-15-16-17-18-19-20-21-22-23-24-26-28-30-32-39(45)53-37(35-51-33-31-29-27-25-14-12-10-8-6-4-2)36-52-43-41(47)42(55-56(48,49)50)40(46)38(34-44)54-43/h37-38,40-44,46-47H,3-36H2,1-2H3,(H,48,49,50). The Labute approximate surface area is 341 Å². The van der Waals surface area contributed by atoms with Crippen molar-refractivity contribution in [3.05, 3.63) is 0 Å². The highest BCUT2D eigenvalue weighted by Crippen LogP contribution is 2.26. The first-order valence-corrected chi connectivity index (χ1v) is 24.2. The number of esters is 1. The summed E-state index contributed by atoms with van der Waals surface area (Å²) in [6.07, 6.45) is 27.1. The molecule has 0 bridgehead atoms. The van der Waals surface area contributed by atoms with Crippen LogP contribution < -0.4 is 0 Å². The van der Waals surface area contributed by atoms with E-state index in [-0.39, 0.29) is 19.6 Å². The molecule has 1 aliphatic heterocycles. The number of hydrogen-bond acceptors (Lipinski definition) is 11. The minimum absolute atomic E-state index is 0.0438. The Morgan fingerprint density at radius 3 is 1.43 bits per heavy atom. The molecule has 0 aromatic rings. The van der Waals surface area contributed by atoms with Crippen LogP contribution in [0, 0.1) is 0 Å². The molecular weight excluding hydrogens is 741 g/mol. The first-order valence-electron chi connectivity index (χ1n) is 22.8. The van der Waals surface area contributed by atoms with E-state index in [4.69, 9.17) is 23.5 Å². The lowest BCUT2D eigenvalue weighted by atomic mass is 9.99. The molecule has 6 unspecified atom stereocenters. The summed E-state index contributed by atoms with van der Waals surface area (Å²) in [6, 6.07) is 0. The molecule has 56 heavy (non-hydrogen) atoms. The first-order chi connectivity index (χ1) is 27.1. The van der Waals surface area contributed by atoms with E-state index in [1.165, 1.54) is 141 Å². The van der Waals surface area contributed by atoms with Crippen molar-refractivity contribution in [2.24, 2.45) is 0 Å². The summed E-state index contributed by atoms with van der Waals surface area (Å²) < 4.78 is 59.0. The van der Waals surface area contributed by atoms with Gasteiger partial charge in [0, 0.05) is 13.0 Å². The number of carbonyl (C=O) groups excluding carboxylic acids is 1. The van der Waals surface area contributed by atoms with Crippen LogP contribution in [0.2, 0.25) is 0 Å². The molecule has 0 saturated carbocycles. The van der Waals surface area contributed by atoms with Crippen LogP contribution in [-0.2, 0) is 38.3 Å². The summed E-state index contributed by atoms with van der Waals surface area (Å²) in [5.74, 6) is -0.394. The van der Waals surface area contributed by atoms with E-state index in [1.807, 2.05) is 0 Å². The molecule has 6 atom stereocenters. The van der Waals surface area contributed by atoms with Crippen molar-refractivity contribution < 1.29 is 56.2 Å². The van der Waals surface area contributed by atoms with Crippen LogP contribution in [0.1, 0.15) is 206 Å². The lowest BCUT2D eigenvalue weighted by molar-refractivity contribution is -0.301. The van der Waals surface area contributed by atoms with Gasteiger partial charge in [-0.15, -0.1) is 0 Å². The maximum Gasteiger partial charge on any atom is 0.397 e. The molecule has 4 N–H and O–H groups in total. The van der Waals surface area contributed by atoms with Crippen molar-refractivity contribution >= 4 is 16.4 Å². The summed E-state index contributed by atoms with van der Waals surface area (Å²) in [6.45, 7) is 4.01. The zero-order valence-electron chi connectivity index (χ0n) is 35.5. The van der Waals surface area contributed by atoms with E-state index in [1.54, 1.807) is 0 Å². The van der Waals surface area contributed by atoms with E-state index in [9.17, 15) is 28.5 Å². The van der Waals surface area contributed by atoms with Gasteiger partial charge in [-0.3, -0.25) is 9.35 Å². The van der Waals surface area contributed by atoms with E-state index in [0.717, 1.165) is 38.5 Å². The Morgan fingerprint density at radius 2 is 1.02 bits per heavy atom. The Hall–Kier alpha value is -0.900. The molecule has 0 amide bonds. The maximum atomic E-state index is 12.8. The molecule has 0 radical (unpaired) electrons. The quantitative estimate of drug-likeness (QED) is 0.0262. The molecular formula is C43H84O12S. The molecule has 1 rings (SSSR count). The van der Waals surface area contributed by atoms with Gasteiger partial charge in [-0.25, -0.2) is 4.18 Å². The fourth-order valence-corrected chi connectivity index (χ4v) is 7.77. The van der Waals surface area contributed by atoms with Crippen LogP contribution in [0.3, 0.4) is 0 Å². The highest BCUT2D eigenvalue weighted by atomic mass is 32.3. The molecule has 1 heterocycles. The largest absolute Gasteiger partial charge is 0.457 e. The van der Waals surface area contributed by atoms with Crippen molar-refractivity contribution in [1.29, 1.82) is 0 Å². The summed E-state index contributed by atoms with van der Waals surface area (Å²) in [4.78, 5) is 12.8. The summed E-state index contributed by atoms with van der Waals surface area (Å²) in [5.41, 5.74) is 0. The summed E-state index contributed by atoms with van der Waals surface area (Å²) >= 11 is 0. The second-order valence-electron chi connectivity index (χ2n) is 16.0. The lowest BCUT2D eigenvalue weighted by Crippen LogP contribution is -2.60. The minimum atomic E-state index is -5.05. The zero-order chi connectivity index (χ0) is 41.1. The third kappa shape index (κ3) is 29.3. The van der Waals surface area contributed by atoms with E-state index >= 15 is 0 Å². The van der Waals surface area contributed by atoms with Crippen LogP contribution in [0.5, 0.6) is 0 Å². The average Bonchev–Trinajstić information content (AvgIpc) is 3.17. The second-order valence-corrected chi connectivity index (χ2v) is 17.1. The number of ether oxygens (including phenoxy) is 4. The first kappa shape index (κ1) is 53.1. The van der Waals surface area contributed by atoms with Crippen LogP contribution >= 0.6 is 0 Å². The Kier molecular flexibility index (Phi) is 34.1. The summed E-state index contributed by atoms with van der Waals surface area (Å²) in [5, 5.41) is 30.6. The second kappa shape index (κ2) is 36.0. The predicted molar refractivity (Wildman–Crippen MR) is 221 cm³/mol. The molecule has 1 saturated heterocycles. The molecule has 0 aromatic heterocycles. The maximum absolute atomic E-state index is 12.8. The third-order valence-corrected chi connectivity index (χ3v) is 11.2.